The van der Waals surface area contributed by atoms with E-state index in [1.165, 1.54) is 64.3 Å². The lowest BCUT2D eigenvalue weighted by Crippen LogP contribution is -2.68. The standard InChI is InChI=1S/C13H24N2/c1-4-8-13(9-5-1)10-14-11-6-2-3-7-12(11)15-13/h11-12,14-15H,1-10H2/t11-,12-/m0/s1. The maximum Gasteiger partial charge on any atom is 0.0309 e. The third-order valence-electron chi connectivity index (χ3n) is 4.77. The second kappa shape index (κ2) is 4.06. The molecule has 2 nitrogen and oxygen atoms in total. The van der Waals surface area contributed by atoms with Gasteiger partial charge in [0, 0.05) is 24.2 Å². The van der Waals surface area contributed by atoms with E-state index in [4.69, 9.17) is 0 Å². The van der Waals surface area contributed by atoms with Crippen molar-refractivity contribution in [2.45, 2.75) is 75.4 Å². The van der Waals surface area contributed by atoms with E-state index in [1.54, 1.807) is 0 Å². The Morgan fingerprint density at radius 2 is 1.53 bits per heavy atom. The van der Waals surface area contributed by atoms with Crippen LogP contribution in [0, 0.1) is 0 Å². The molecule has 2 aliphatic carbocycles. The molecular formula is C13H24N2. The Kier molecular flexibility index (Phi) is 2.73. The summed E-state index contributed by atoms with van der Waals surface area (Å²) in [5.74, 6) is 0. The maximum absolute atomic E-state index is 4.01. The molecule has 0 amide bonds. The molecule has 2 saturated carbocycles. The molecular weight excluding hydrogens is 184 g/mol. The summed E-state index contributed by atoms with van der Waals surface area (Å²) in [6.45, 7) is 1.23. The first-order valence-electron chi connectivity index (χ1n) is 6.89. The molecule has 3 fully saturated rings. The third kappa shape index (κ3) is 1.94. The monoisotopic (exact) mass is 208 g/mol. The lowest BCUT2D eigenvalue weighted by molar-refractivity contribution is 0.113. The zero-order valence-corrected chi connectivity index (χ0v) is 9.73. The molecule has 0 unspecified atom stereocenters. The highest BCUT2D eigenvalue weighted by molar-refractivity contribution is 5.03. The average molecular weight is 208 g/mol. The summed E-state index contributed by atoms with van der Waals surface area (Å²) in [5, 5.41) is 7.83. The van der Waals surface area contributed by atoms with Crippen LogP contribution in [0.15, 0.2) is 0 Å². The van der Waals surface area contributed by atoms with Crippen molar-refractivity contribution in [3.05, 3.63) is 0 Å². The molecule has 0 aromatic rings. The van der Waals surface area contributed by atoms with Gasteiger partial charge < -0.3 is 10.6 Å². The largest absolute Gasteiger partial charge is 0.311 e. The molecule has 2 atom stereocenters. The molecule has 1 heterocycles. The van der Waals surface area contributed by atoms with E-state index in [0.717, 1.165) is 12.1 Å². The first-order chi connectivity index (χ1) is 7.38. The molecule has 0 aromatic heterocycles. The van der Waals surface area contributed by atoms with Crippen molar-refractivity contribution in [2.24, 2.45) is 0 Å². The molecule has 86 valence electrons. The molecule has 0 radical (unpaired) electrons. The number of hydrogen-bond acceptors (Lipinski definition) is 2. The molecule has 15 heavy (non-hydrogen) atoms. The van der Waals surface area contributed by atoms with Gasteiger partial charge in [0.2, 0.25) is 0 Å². The Labute approximate surface area is 93.2 Å². The van der Waals surface area contributed by atoms with E-state index < -0.39 is 0 Å². The zero-order chi connectivity index (χ0) is 10.1. The SMILES string of the molecule is C1CCC2(CC1)CN[C@H]1CCCC[C@@H]1N2. The van der Waals surface area contributed by atoms with Crippen LogP contribution >= 0.6 is 0 Å². The lowest BCUT2D eigenvalue weighted by Gasteiger charge is -2.50. The van der Waals surface area contributed by atoms with Gasteiger partial charge in [-0.2, -0.15) is 0 Å². The Balaban J connectivity index is 1.68. The van der Waals surface area contributed by atoms with Gasteiger partial charge >= 0.3 is 0 Å². The second-order valence-corrected chi connectivity index (χ2v) is 5.86. The Morgan fingerprint density at radius 3 is 2.33 bits per heavy atom. The summed E-state index contributed by atoms with van der Waals surface area (Å²) < 4.78 is 0. The highest BCUT2D eigenvalue weighted by Crippen LogP contribution is 2.33. The molecule has 1 spiro atoms. The van der Waals surface area contributed by atoms with Crippen LogP contribution in [0.5, 0.6) is 0 Å². The molecule has 2 N–H and O–H groups in total. The summed E-state index contributed by atoms with van der Waals surface area (Å²) in [5.41, 5.74) is 0.483. The van der Waals surface area contributed by atoms with Gasteiger partial charge in [-0.25, -0.2) is 0 Å². The third-order valence-corrected chi connectivity index (χ3v) is 4.77. The van der Waals surface area contributed by atoms with Gasteiger partial charge in [-0.1, -0.05) is 32.1 Å². The fourth-order valence-electron chi connectivity index (χ4n) is 3.87. The van der Waals surface area contributed by atoms with Crippen LogP contribution < -0.4 is 10.6 Å². The minimum absolute atomic E-state index is 0.483. The van der Waals surface area contributed by atoms with E-state index >= 15 is 0 Å². The lowest BCUT2D eigenvalue weighted by atomic mass is 9.76. The van der Waals surface area contributed by atoms with E-state index in [2.05, 4.69) is 10.6 Å². The topological polar surface area (TPSA) is 24.1 Å². The van der Waals surface area contributed by atoms with Crippen molar-refractivity contribution < 1.29 is 0 Å². The van der Waals surface area contributed by atoms with Gasteiger partial charge in [0.05, 0.1) is 0 Å². The number of piperazine rings is 1. The number of rotatable bonds is 0. The van der Waals surface area contributed by atoms with Gasteiger partial charge in [0.1, 0.15) is 0 Å². The summed E-state index contributed by atoms with van der Waals surface area (Å²) in [6.07, 6.45) is 12.8. The Bertz CT molecular complexity index is 221. The minimum atomic E-state index is 0.483. The molecule has 0 bridgehead atoms. The molecule has 3 rings (SSSR count). The molecule has 2 heteroatoms. The fourth-order valence-corrected chi connectivity index (χ4v) is 3.87. The van der Waals surface area contributed by atoms with Crippen molar-refractivity contribution in [3.63, 3.8) is 0 Å². The zero-order valence-electron chi connectivity index (χ0n) is 9.73. The van der Waals surface area contributed by atoms with Crippen LogP contribution in [0.4, 0.5) is 0 Å². The minimum Gasteiger partial charge on any atom is -0.311 e. The van der Waals surface area contributed by atoms with Crippen LogP contribution in [0.25, 0.3) is 0 Å². The highest BCUT2D eigenvalue weighted by Gasteiger charge is 2.40. The molecule has 3 aliphatic rings. The highest BCUT2D eigenvalue weighted by atomic mass is 15.2. The van der Waals surface area contributed by atoms with Crippen LogP contribution in [0.1, 0.15) is 57.8 Å². The number of hydrogen-bond donors (Lipinski definition) is 2. The molecule has 0 aromatic carbocycles. The maximum atomic E-state index is 4.01. The summed E-state index contributed by atoms with van der Waals surface area (Å²) in [6, 6.07) is 1.57. The van der Waals surface area contributed by atoms with Gasteiger partial charge in [0.15, 0.2) is 0 Å². The van der Waals surface area contributed by atoms with Crippen LogP contribution in [0.3, 0.4) is 0 Å². The second-order valence-electron chi connectivity index (χ2n) is 5.86. The Morgan fingerprint density at radius 1 is 0.800 bits per heavy atom. The van der Waals surface area contributed by atoms with Crippen molar-refractivity contribution >= 4 is 0 Å². The Hall–Kier alpha value is -0.0800. The summed E-state index contributed by atoms with van der Waals surface area (Å²) in [7, 11) is 0. The summed E-state index contributed by atoms with van der Waals surface area (Å²) >= 11 is 0. The smallest absolute Gasteiger partial charge is 0.0309 e. The van der Waals surface area contributed by atoms with Crippen LogP contribution in [0.2, 0.25) is 0 Å². The van der Waals surface area contributed by atoms with E-state index in [1.807, 2.05) is 0 Å². The van der Waals surface area contributed by atoms with Gasteiger partial charge in [-0.15, -0.1) is 0 Å². The molecule has 1 aliphatic heterocycles. The van der Waals surface area contributed by atoms with Crippen molar-refractivity contribution in [1.29, 1.82) is 0 Å². The van der Waals surface area contributed by atoms with Gasteiger partial charge in [0.25, 0.3) is 0 Å². The quantitative estimate of drug-likeness (QED) is 0.637. The first kappa shape index (κ1) is 10.1. The number of nitrogens with one attached hydrogen (secondary N) is 2. The van der Waals surface area contributed by atoms with E-state index in [0.29, 0.717) is 5.54 Å². The number of fused-ring (bicyclic) bond motifs is 1. The average Bonchev–Trinajstić information content (AvgIpc) is 2.30. The van der Waals surface area contributed by atoms with E-state index in [9.17, 15) is 0 Å². The van der Waals surface area contributed by atoms with Crippen molar-refractivity contribution in [1.82, 2.24) is 10.6 Å². The van der Waals surface area contributed by atoms with Crippen LogP contribution in [-0.4, -0.2) is 24.2 Å². The van der Waals surface area contributed by atoms with Crippen molar-refractivity contribution in [3.8, 4) is 0 Å². The van der Waals surface area contributed by atoms with Gasteiger partial charge in [-0.05, 0) is 25.7 Å². The van der Waals surface area contributed by atoms with Crippen molar-refractivity contribution in [2.75, 3.05) is 6.54 Å². The van der Waals surface area contributed by atoms with Crippen LogP contribution in [-0.2, 0) is 0 Å². The fraction of sp³-hybridized carbons (Fsp3) is 1.00. The predicted octanol–water partition coefficient (Wildman–Crippen LogP) is 2.19. The van der Waals surface area contributed by atoms with Gasteiger partial charge in [-0.3, -0.25) is 0 Å². The van der Waals surface area contributed by atoms with E-state index in [-0.39, 0.29) is 0 Å². The normalized spacial score (nSPS) is 40.0. The predicted molar refractivity (Wildman–Crippen MR) is 63.0 cm³/mol. The molecule has 1 saturated heterocycles. The summed E-state index contributed by atoms with van der Waals surface area (Å²) in [4.78, 5) is 0. The first-order valence-corrected chi connectivity index (χ1v) is 6.89.